The van der Waals surface area contributed by atoms with Crippen LogP contribution in [-0.2, 0) is 16.6 Å². The van der Waals surface area contributed by atoms with E-state index in [4.69, 9.17) is 5.11 Å². The molecule has 0 radical (unpaired) electrons. The second-order valence-electron chi connectivity index (χ2n) is 5.07. The van der Waals surface area contributed by atoms with Crippen LogP contribution in [0.5, 0.6) is 0 Å². The van der Waals surface area contributed by atoms with Gasteiger partial charge in [0.15, 0.2) is 0 Å². The third kappa shape index (κ3) is 3.76. The van der Waals surface area contributed by atoms with E-state index in [0.29, 0.717) is 18.0 Å². The maximum atomic E-state index is 12.1. The van der Waals surface area contributed by atoms with Gasteiger partial charge in [-0.25, -0.2) is 13.1 Å². The van der Waals surface area contributed by atoms with Crippen LogP contribution in [0.15, 0.2) is 29.2 Å². The summed E-state index contributed by atoms with van der Waals surface area (Å²) in [4.78, 5) is 2.45. The zero-order valence-electron chi connectivity index (χ0n) is 11.0. The molecule has 19 heavy (non-hydrogen) atoms. The van der Waals surface area contributed by atoms with Gasteiger partial charge in [0.25, 0.3) is 0 Å². The fourth-order valence-electron chi connectivity index (χ4n) is 2.28. The van der Waals surface area contributed by atoms with Crippen LogP contribution in [0.25, 0.3) is 0 Å². The molecule has 1 heterocycles. The van der Waals surface area contributed by atoms with Crippen LogP contribution in [0.3, 0.4) is 0 Å². The van der Waals surface area contributed by atoms with Crippen LogP contribution in [-0.4, -0.2) is 45.1 Å². The van der Waals surface area contributed by atoms with Crippen molar-refractivity contribution in [2.75, 3.05) is 26.7 Å². The molecule has 1 aromatic carbocycles. The normalized spacial score (nSPS) is 20.8. The Bertz CT molecular complexity index is 513. The molecule has 1 fully saturated rings. The summed E-state index contributed by atoms with van der Waals surface area (Å²) in [7, 11) is -1.40. The van der Waals surface area contributed by atoms with Gasteiger partial charge in [-0.1, -0.05) is 12.1 Å². The number of likely N-dealkylation sites (tertiary alicyclic amines) is 1. The first-order chi connectivity index (χ1) is 9.01. The lowest BCUT2D eigenvalue weighted by Gasteiger charge is -2.12. The number of aliphatic hydroxyl groups is 1. The first-order valence-corrected chi connectivity index (χ1v) is 7.87. The quantitative estimate of drug-likeness (QED) is 0.821. The van der Waals surface area contributed by atoms with Gasteiger partial charge in [0.1, 0.15) is 0 Å². The van der Waals surface area contributed by atoms with E-state index >= 15 is 0 Å². The highest BCUT2D eigenvalue weighted by Crippen LogP contribution is 2.15. The molecule has 5 nitrogen and oxygen atoms in total. The molecule has 1 saturated heterocycles. The Balaban J connectivity index is 1.97. The Morgan fingerprint density at radius 2 is 2.05 bits per heavy atom. The monoisotopic (exact) mass is 284 g/mol. The minimum Gasteiger partial charge on any atom is -0.392 e. The maximum Gasteiger partial charge on any atom is 0.240 e. The van der Waals surface area contributed by atoms with Crippen LogP contribution in [0.1, 0.15) is 12.0 Å². The van der Waals surface area contributed by atoms with Gasteiger partial charge in [-0.05, 0) is 43.6 Å². The summed E-state index contributed by atoms with van der Waals surface area (Å²) < 4.78 is 26.8. The molecule has 1 atom stereocenters. The molecule has 1 aliphatic rings. The molecule has 0 spiro atoms. The van der Waals surface area contributed by atoms with Gasteiger partial charge in [0.2, 0.25) is 10.0 Å². The highest BCUT2D eigenvalue weighted by atomic mass is 32.2. The summed E-state index contributed by atoms with van der Waals surface area (Å²) in [6, 6.07) is 6.29. The van der Waals surface area contributed by atoms with Crippen molar-refractivity contribution >= 4 is 10.0 Å². The fourth-order valence-corrected chi connectivity index (χ4v) is 3.39. The zero-order valence-corrected chi connectivity index (χ0v) is 11.9. The summed E-state index contributed by atoms with van der Waals surface area (Å²) in [5.74, 6) is 0.386. The van der Waals surface area contributed by atoms with Gasteiger partial charge in [-0.2, -0.15) is 0 Å². The zero-order chi connectivity index (χ0) is 13.9. The van der Waals surface area contributed by atoms with Crippen LogP contribution in [0, 0.1) is 5.92 Å². The van der Waals surface area contributed by atoms with Crippen molar-refractivity contribution in [1.29, 1.82) is 0 Å². The Kier molecular flexibility index (Phi) is 4.57. The van der Waals surface area contributed by atoms with Crippen molar-refractivity contribution in [3.63, 3.8) is 0 Å². The van der Waals surface area contributed by atoms with Crippen LogP contribution in [0.2, 0.25) is 0 Å². The molecule has 0 aromatic heterocycles. The average Bonchev–Trinajstić information content (AvgIpc) is 2.82. The Hall–Kier alpha value is -0.950. The number of rotatable bonds is 5. The van der Waals surface area contributed by atoms with Gasteiger partial charge < -0.3 is 10.0 Å². The number of nitrogens with one attached hydrogen (secondary N) is 1. The molecule has 1 aliphatic heterocycles. The van der Waals surface area contributed by atoms with Gasteiger partial charge in [0, 0.05) is 13.1 Å². The van der Waals surface area contributed by atoms with Crippen molar-refractivity contribution in [3.05, 3.63) is 29.8 Å². The largest absolute Gasteiger partial charge is 0.392 e. The van der Waals surface area contributed by atoms with Crippen molar-refractivity contribution in [3.8, 4) is 0 Å². The summed E-state index contributed by atoms with van der Waals surface area (Å²) in [5.41, 5.74) is 0.705. The molecule has 1 aromatic rings. The molecule has 106 valence electrons. The van der Waals surface area contributed by atoms with Gasteiger partial charge in [-0.15, -0.1) is 0 Å². The number of sulfonamides is 1. The van der Waals surface area contributed by atoms with Crippen LogP contribution < -0.4 is 4.72 Å². The van der Waals surface area contributed by atoms with Gasteiger partial charge >= 0.3 is 0 Å². The summed E-state index contributed by atoms with van der Waals surface area (Å²) >= 11 is 0. The molecule has 2 rings (SSSR count). The molecule has 0 saturated carbocycles. The summed E-state index contributed by atoms with van der Waals surface area (Å²) in [5, 5.41) is 8.93. The third-order valence-corrected chi connectivity index (χ3v) is 4.91. The first kappa shape index (κ1) is 14.5. The summed E-state index contributed by atoms with van der Waals surface area (Å²) in [6.45, 7) is 2.36. The first-order valence-electron chi connectivity index (χ1n) is 6.39. The number of benzene rings is 1. The molecular formula is C13H20N2O3S. The molecule has 0 bridgehead atoms. The number of hydrogen-bond donors (Lipinski definition) is 2. The minimum absolute atomic E-state index is 0.0812. The smallest absolute Gasteiger partial charge is 0.240 e. The van der Waals surface area contributed by atoms with Crippen molar-refractivity contribution in [2.45, 2.75) is 17.9 Å². The number of aliphatic hydroxyl groups excluding tert-OH is 1. The van der Waals surface area contributed by atoms with Gasteiger partial charge in [-0.3, -0.25) is 0 Å². The van der Waals surface area contributed by atoms with E-state index in [1.54, 1.807) is 12.1 Å². The lowest BCUT2D eigenvalue weighted by Crippen LogP contribution is -2.30. The standard InChI is InChI=1S/C13H20N2O3S/c1-15-7-6-12(9-15)8-14-19(17,18)13-4-2-11(10-16)3-5-13/h2-5,12,14,16H,6-10H2,1H3. The lowest BCUT2D eigenvalue weighted by molar-refractivity contribution is 0.282. The third-order valence-electron chi connectivity index (χ3n) is 3.47. The van der Waals surface area contributed by atoms with Gasteiger partial charge in [0.05, 0.1) is 11.5 Å². The van der Waals surface area contributed by atoms with E-state index in [-0.39, 0.29) is 11.5 Å². The predicted molar refractivity (Wildman–Crippen MR) is 73.2 cm³/mol. The molecular weight excluding hydrogens is 264 g/mol. The molecule has 1 unspecified atom stereocenters. The molecule has 0 amide bonds. The van der Waals surface area contributed by atoms with E-state index in [2.05, 4.69) is 9.62 Å². The van der Waals surface area contributed by atoms with E-state index in [0.717, 1.165) is 19.5 Å². The Morgan fingerprint density at radius 1 is 1.37 bits per heavy atom. The van der Waals surface area contributed by atoms with E-state index in [1.807, 2.05) is 7.05 Å². The maximum absolute atomic E-state index is 12.1. The lowest BCUT2D eigenvalue weighted by atomic mass is 10.1. The highest BCUT2D eigenvalue weighted by molar-refractivity contribution is 7.89. The predicted octanol–water partition coefficient (Wildman–Crippen LogP) is 0.409. The van der Waals surface area contributed by atoms with E-state index in [1.165, 1.54) is 12.1 Å². The second kappa shape index (κ2) is 6.00. The van der Waals surface area contributed by atoms with Crippen LogP contribution in [0.4, 0.5) is 0 Å². The topological polar surface area (TPSA) is 69.6 Å². The van der Waals surface area contributed by atoms with Crippen molar-refractivity contribution in [2.24, 2.45) is 5.92 Å². The van der Waals surface area contributed by atoms with Crippen molar-refractivity contribution < 1.29 is 13.5 Å². The second-order valence-corrected chi connectivity index (χ2v) is 6.84. The number of nitrogens with zero attached hydrogens (tertiary/aromatic N) is 1. The Morgan fingerprint density at radius 3 is 2.58 bits per heavy atom. The highest BCUT2D eigenvalue weighted by Gasteiger charge is 2.22. The molecule has 0 aliphatic carbocycles. The fraction of sp³-hybridized carbons (Fsp3) is 0.538. The number of hydrogen-bond acceptors (Lipinski definition) is 4. The van der Waals surface area contributed by atoms with E-state index < -0.39 is 10.0 Å². The molecule has 6 heteroatoms. The Labute approximate surface area is 114 Å². The van der Waals surface area contributed by atoms with Crippen molar-refractivity contribution in [1.82, 2.24) is 9.62 Å². The SMILES string of the molecule is CN1CCC(CNS(=O)(=O)c2ccc(CO)cc2)C1. The summed E-state index contributed by atoms with van der Waals surface area (Å²) in [6.07, 6.45) is 1.03. The average molecular weight is 284 g/mol. The minimum atomic E-state index is -3.44. The van der Waals surface area contributed by atoms with Crippen LogP contribution >= 0.6 is 0 Å². The van der Waals surface area contributed by atoms with E-state index in [9.17, 15) is 8.42 Å². The molecule has 2 N–H and O–H groups in total.